The summed E-state index contributed by atoms with van der Waals surface area (Å²) in [4.78, 5) is 12.9. The van der Waals surface area contributed by atoms with Crippen LogP contribution in [0.15, 0.2) is 24.3 Å². The minimum atomic E-state index is -0.533. The minimum Gasteiger partial charge on any atom is -0.469 e. The Bertz CT molecular complexity index is 916. The van der Waals surface area contributed by atoms with E-state index in [0.717, 1.165) is 43.6 Å². The molecule has 6 rings (SSSR count). The molecule has 0 radical (unpaired) electrons. The molecule has 0 unspecified atom stereocenters. The maximum Gasteiger partial charge on any atom is 0.311 e. The number of carbonyl (C=O) groups excluding carboxylic acids is 1. The first-order valence-corrected chi connectivity index (χ1v) is 12.3. The lowest BCUT2D eigenvalue weighted by atomic mass is 9.40. The summed E-state index contributed by atoms with van der Waals surface area (Å²) in [6, 6.07) is 8.17. The van der Waals surface area contributed by atoms with Gasteiger partial charge in [-0.05, 0) is 86.7 Å². The molecule has 4 aliphatic carbocycles. The minimum absolute atomic E-state index is 0.000763. The number of methoxy groups -OCH3 is 1. The van der Waals surface area contributed by atoms with Gasteiger partial charge in [-0.1, -0.05) is 32.4 Å². The number of esters is 1. The van der Waals surface area contributed by atoms with E-state index in [9.17, 15) is 4.79 Å². The van der Waals surface area contributed by atoms with Gasteiger partial charge in [-0.15, -0.1) is 0 Å². The molecular formula is C27H36O4. The standard InChI is InChI=1S/C27H36O4/c1-23-14-10-21-24(2)12-7-13-25(3,22(28)29-4)20(24)11-15-26(21,16-23)17-27(23)30-18-8-5-6-9-19(18)31-27/h5-6,8-9,20-21H,7,10-17H2,1-4H3/t20-,21-,23-,24+,25+,26+/m0/s1. The van der Waals surface area contributed by atoms with Crippen molar-refractivity contribution in [2.45, 2.75) is 84.3 Å². The first-order chi connectivity index (χ1) is 14.7. The zero-order chi connectivity index (χ0) is 21.7. The first-order valence-electron chi connectivity index (χ1n) is 12.3. The number of ether oxygens (including phenoxy) is 3. The molecular weight excluding hydrogens is 388 g/mol. The summed E-state index contributed by atoms with van der Waals surface area (Å²) in [7, 11) is 1.56. The molecule has 168 valence electrons. The van der Waals surface area contributed by atoms with Crippen molar-refractivity contribution < 1.29 is 19.0 Å². The number of fused-ring (bicyclic) bond motifs is 5. The zero-order valence-electron chi connectivity index (χ0n) is 19.5. The second-order valence-electron chi connectivity index (χ2n) is 12.1. The average molecular weight is 425 g/mol. The molecule has 1 heterocycles. The van der Waals surface area contributed by atoms with Crippen molar-refractivity contribution >= 4 is 5.97 Å². The van der Waals surface area contributed by atoms with Gasteiger partial charge >= 0.3 is 5.97 Å². The largest absolute Gasteiger partial charge is 0.469 e. The fourth-order valence-corrected chi connectivity index (χ4v) is 9.53. The molecule has 1 aromatic carbocycles. The van der Waals surface area contributed by atoms with Crippen LogP contribution in [0.25, 0.3) is 0 Å². The number of para-hydroxylation sites is 2. The van der Waals surface area contributed by atoms with Gasteiger partial charge in [-0.2, -0.15) is 0 Å². The van der Waals surface area contributed by atoms with E-state index in [1.807, 2.05) is 24.3 Å². The Balaban J connectivity index is 1.38. The Morgan fingerprint density at radius 3 is 2.29 bits per heavy atom. The van der Waals surface area contributed by atoms with Crippen LogP contribution in [0.2, 0.25) is 0 Å². The average Bonchev–Trinajstić information content (AvgIpc) is 3.19. The normalized spacial score (nSPS) is 46.3. The Hall–Kier alpha value is -1.71. The third-order valence-electron chi connectivity index (χ3n) is 10.7. The topological polar surface area (TPSA) is 44.8 Å². The molecule has 31 heavy (non-hydrogen) atoms. The van der Waals surface area contributed by atoms with Crippen LogP contribution < -0.4 is 9.47 Å². The highest BCUT2D eigenvalue weighted by Gasteiger charge is 2.75. The van der Waals surface area contributed by atoms with Crippen LogP contribution in [0.1, 0.15) is 78.6 Å². The van der Waals surface area contributed by atoms with Gasteiger partial charge in [-0.25, -0.2) is 0 Å². The van der Waals surface area contributed by atoms with E-state index in [1.54, 1.807) is 7.11 Å². The van der Waals surface area contributed by atoms with Gasteiger partial charge < -0.3 is 14.2 Å². The Morgan fingerprint density at radius 1 is 0.935 bits per heavy atom. The molecule has 0 N–H and O–H groups in total. The summed E-state index contributed by atoms with van der Waals surface area (Å²) in [5, 5.41) is 0. The lowest BCUT2D eigenvalue weighted by molar-refractivity contribution is -0.185. The van der Waals surface area contributed by atoms with Crippen LogP contribution in [0, 0.1) is 33.5 Å². The molecule has 0 amide bonds. The van der Waals surface area contributed by atoms with Crippen LogP contribution in [-0.4, -0.2) is 18.9 Å². The van der Waals surface area contributed by atoms with Crippen LogP contribution >= 0.6 is 0 Å². The van der Waals surface area contributed by atoms with Crippen molar-refractivity contribution in [1.82, 2.24) is 0 Å². The Kier molecular flexibility index (Phi) is 3.85. The maximum absolute atomic E-state index is 12.9. The summed E-state index contributed by atoms with van der Waals surface area (Å²) >= 11 is 0. The van der Waals surface area contributed by atoms with E-state index in [2.05, 4.69) is 20.8 Å². The second-order valence-corrected chi connectivity index (χ2v) is 12.1. The highest BCUT2D eigenvalue weighted by Crippen LogP contribution is 2.77. The Morgan fingerprint density at radius 2 is 1.61 bits per heavy atom. The lowest BCUT2D eigenvalue weighted by Gasteiger charge is -2.63. The molecule has 1 aromatic rings. The fourth-order valence-electron chi connectivity index (χ4n) is 9.53. The number of carbonyl (C=O) groups is 1. The molecule has 6 atom stereocenters. The van der Waals surface area contributed by atoms with E-state index < -0.39 is 5.79 Å². The molecule has 2 bridgehead atoms. The van der Waals surface area contributed by atoms with Crippen molar-refractivity contribution in [2.75, 3.05) is 7.11 Å². The van der Waals surface area contributed by atoms with Gasteiger partial charge in [0.2, 0.25) is 0 Å². The van der Waals surface area contributed by atoms with Gasteiger partial charge in [0.1, 0.15) is 0 Å². The number of rotatable bonds is 1. The van der Waals surface area contributed by atoms with E-state index in [0.29, 0.717) is 11.8 Å². The fraction of sp³-hybridized carbons (Fsp3) is 0.741. The van der Waals surface area contributed by atoms with E-state index in [-0.39, 0.29) is 27.6 Å². The number of hydrogen-bond donors (Lipinski definition) is 0. The number of benzene rings is 1. The highest BCUT2D eigenvalue weighted by atomic mass is 16.7. The maximum atomic E-state index is 12.9. The summed E-state index contributed by atoms with van der Waals surface area (Å²) in [6.45, 7) is 7.09. The van der Waals surface area contributed by atoms with E-state index >= 15 is 0 Å². The van der Waals surface area contributed by atoms with Crippen LogP contribution in [0.3, 0.4) is 0 Å². The SMILES string of the molecule is COC(=O)[C@]1(C)CCC[C@@]2(C)[C@@H]3CC[C@@]4(C)C[C@]3(CC[C@@H]21)CC41Oc2ccccc2O1. The van der Waals surface area contributed by atoms with E-state index in [4.69, 9.17) is 14.2 Å². The summed E-state index contributed by atoms with van der Waals surface area (Å²) < 4.78 is 18.7. The summed E-state index contributed by atoms with van der Waals surface area (Å²) in [6.07, 6.45) is 10.1. The molecule has 0 saturated heterocycles. The third-order valence-corrected chi connectivity index (χ3v) is 10.7. The smallest absolute Gasteiger partial charge is 0.311 e. The monoisotopic (exact) mass is 424 g/mol. The van der Waals surface area contributed by atoms with Crippen LogP contribution in [-0.2, 0) is 9.53 Å². The molecule has 4 saturated carbocycles. The Labute approximate surface area is 186 Å². The summed E-state index contributed by atoms with van der Waals surface area (Å²) in [5.41, 5.74) is 0.107. The van der Waals surface area contributed by atoms with Gasteiger partial charge in [-0.3, -0.25) is 4.79 Å². The molecule has 5 aliphatic rings. The van der Waals surface area contributed by atoms with Crippen LogP contribution in [0.5, 0.6) is 11.5 Å². The van der Waals surface area contributed by atoms with Gasteiger partial charge in [0.05, 0.1) is 12.5 Å². The van der Waals surface area contributed by atoms with Gasteiger partial charge in [0, 0.05) is 11.8 Å². The second kappa shape index (κ2) is 5.99. The van der Waals surface area contributed by atoms with Crippen LogP contribution in [0.4, 0.5) is 0 Å². The lowest BCUT2D eigenvalue weighted by Crippen LogP contribution is -2.58. The van der Waals surface area contributed by atoms with Crippen molar-refractivity contribution in [3.8, 4) is 11.5 Å². The summed E-state index contributed by atoms with van der Waals surface area (Å²) in [5.74, 6) is 2.29. The predicted molar refractivity (Wildman–Crippen MR) is 118 cm³/mol. The molecule has 4 nitrogen and oxygen atoms in total. The molecule has 0 aromatic heterocycles. The van der Waals surface area contributed by atoms with Crippen molar-refractivity contribution in [3.63, 3.8) is 0 Å². The van der Waals surface area contributed by atoms with E-state index in [1.165, 1.54) is 25.7 Å². The molecule has 1 aliphatic heterocycles. The zero-order valence-corrected chi connectivity index (χ0v) is 19.5. The molecule has 4 heteroatoms. The quantitative estimate of drug-likeness (QED) is 0.509. The number of hydrogen-bond acceptors (Lipinski definition) is 4. The first kappa shape index (κ1) is 19.9. The van der Waals surface area contributed by atoms with Gasteiger partial charge in [0.15, 0.2) is 11.5 Å². The third kappa shape index (κ3) is 2.30. The highest BCUT2D eigenvalue weighted by molar-refractivity contribution is 5.77. The van der Waals surface area contributed by atoms with Gasteiger partial charge in [0.25, 0.3) is 5.79 Å². The molecule has 4 fully saturated rings. The van der Waals surface area contributed by atoms with Crippen molar-refractivity contribution in [2.24, 2.45) is 33.5 Å². The predicted octanol–water partition coefficient (Wildman–Crippen LogP) is 6.13. The van der Waals surface area contributed by atoms with Crippen molar-refractivity contribution in [1.29, 1.82) is 0 Å². The molecule has 2 spiro atoms. The van der Waals surface area contributed by atoms with Crippen molar-refractivity contribution in [3.05, 3.63) is 24.3 Å².